The maximum Gasteiger partial charge on any atom is 0.225 e. The highest BCUT2D eigenvalue weighted by Gasteiger charge is 2.18. The van der Waals surface area contributed by atoms with Gasteiger partial charge < -0.3 is 15.0 Å². The Labute approximate surface area is 180 Å². The lowest BCUT2D eigenvalue weighted by atomic mass is 10.2. The molecule has 0 aromatic heterocycles. The number of hydrogen-bond acceptors (Lipinski definition) is 4. The summed E-state index contributed by atoms with van der Waals surface area (Å²) in [7, 11) is 1.67. The lowest BCUT2D eigenvalue weighted by Crippen LogP contribution is -2.47. The molecule has 1 fully saturated rings. The molecule has 0 atom stereocenters. The van der Waals surface area contributed by atoms with Crippen LogP contribution in [0.5, 0.6) is 5.75 Å². The summed E-state index contributed by atoms with van der Waals surface area (Å²) >= 11 is 17.9. The van der Waals surface area contributed by atoms with Crippen LogP contribution in [-0.2, 0) is 4.79 Å². The van der Waals surface area contributed by atoms with Crippen molar-refractivity contribution in [3.63, 3.8) is 0 Å². The van der Waals surface area contributed by atoms with Gasteiger partial charge in [-0.05, 0) is 24.3 Å². The highest BCUT2D eigenvalue weighted by atomic mass is 35.5. The summed E-state index contributed by atoms with van der Waals surface area (Å²) in [4.78, 5) is 16.9. The number of hydrogen-bond donors (Lipinski definition) is 1. The fraction of sp³-hybridized carbons (Fsp3) is 0.350. The number of methoxy groups -OCH3 is 1. The first-order valence-electron chi connectivity index (χ1n) is 9.02. The lowest BCUT2D eigenvalue weighted by molar-refractivity contribution is -0.116. The van der Waals surface area contributed by atoms with Crippen LogP contribution < -0.4 is 15.0 Å². The molecular weight excluding hydrogens is 421 g/mol. The van der Waals surface area contributed by atoms with Crippen LogP contribution in [0.2, 0.25) is 15.1 Å². The topological polar surface area (TPSA) is 44.8 Å². The first-order chi connectivity index (χ1) is 13.5. The number of halogens is 3. The SMILES string of the molecule is COc1cccc(N2CCN(CCC(=O)Nc3cc(Cl)c(Cl)c(Cl)c3)CC2)c1. The standard InChI is InChI=1S/C20H22Cl3N3O2/c1-28-16-4-2-3-15(13-16)26-9-7-25(8-10-26)6-5-19(27)24-14-11-17(21)20(23)18(22)12-14/h2-4,11-13H,5-10H2,1H3,(H,24,27). The average molecular weight is 443 g/mol. The van der Waals surface area contributed by atoms with Crippen molar-refractivity contribution < 1.29 is 9.53 Å². The normalized spacial score (nSPS) is 14.8. The van der Waals surface area contributed by atoms with Gasteiger partial charge in [0.15, 0.2) is 0 Å². The molecule has 0 bridgehead atoms. The summed E-state index contributed by atoms with van der Waals surface area (Å²) < 4.78 is 5.30. The largest absolute Gasteiger partial charge is 0.497 e. The molecular formula is C20H22Cl3N3O2. The summed E-state index contributed by atoms with van der Waals surface area (Å²) in [6.45, 7) is 4.34. The van der Waals surface area contributed by atoms with Gasteiger partial charge in [0.2, 0.25) is 5.91 Å². The number of piperazine rings is 1. The Morgan fingerprint density at radius 1 is 1.07 bits per heavy atom. The Hall–Kier alpha value is -1.66. The molecule has 2 aromatic carbocycles. The summed E-state index contributed by atoms with van der Waals surface area (Å²) in [6.07, 6.45) is 0.400. The smallest absolute Gasteiger partial charge is 0.225 e. The third-order valence-electron chi connectivity index (χ3n) is 4.71. The fourth-order valence-electron chi connectivity index (χ4n) is 3.15. The molecule has 1 aliphatic rings. The van der Waals surface area contributed by atoms with Gasteiger partial charge in [-0.2, -0.15) is 0 Å². The van der Waals surface area contributed by atoms with E-state index in [4.69, 9.17) is 39.5 Å². The van der Waals surface area contributed by atoms with E-state index in [9.17, 15) is 4.79 Å². The minimum atomic E-state index is -0.0790. The number of ether oxygens (including phenoxy) is 1. The van der Waals surface area contributed by atoms with Gasteiger partial charge in [-0.15, -0.1) is 0 Å². The molecule has 3 rings (SSSR count). The first kappa shape index (κ1) is 21.1. The van der Waals surface area contributed by atoms with Crippen LogP contribution in [0.25, 0.3) is 0 Å². The van der Waals surface area contributed by atoms with E-state index in [1.807, 2.05) is 18.2 Å². The molecule has 0 aliphatic carbocycles. The van der Waals surface area contributed by atoms with Crippen molar-refractivity contribution >= 4 is 52.1 Å². The Morgan fingerprint density at radius 2 is 1.75 bits per heavy atom. The van der Waals surface area contributed by atoms with E-state index >= 15 is 0 Å². The predicted molar refractivity (Wildman–Crippen MR) is 116 cm³/mol. The van der Waals surface area contributed by atoms with Gasteiger partial charge in [0.1, 0.15) is 5.75 Å². The molecule has 0 radical (unpaired) electrons. The third-order valence-corrected chi connectivity index (χ3v) is 5.91. The van der Waals surface area contributed by atoms with Crippen molar-refractivity contribution in [3.05, 3.63) is 51.5 Å². The van der Waals surface area contributed by atoms with Gasteiger partial charge in [0.05, 0.1) is 22.2 Å². The van der Waals surface area contributed by atoms with Gasteiger partial charge >= 0.3 is 0 Å². The Morgan fingerprint density at radius 3 is 2.39 bits per heavy atom. The van der Waals surface area contributed by atoms with E-state index in [0.29, 0.717) is 28.7 Å². The van der Waals surface area contributed by atoms with Crippen LogP contribution in [0, 0.1) is 0 Å². The zero-order chi connectivity index (χ0) is 20.1. The quantitative estimate of drug-likeness (QED) is 0.652. The van der Waals surface area contributed by atoms with E-state index in [-0.39, 0.29) is 10.9 Å². The van der Waals surface area contributed by atoms with Crippen LogP contribution in [0.4, 0.5) is 11.4 Å². The zero-order valence-electron chi connectivity index (χ0n) is 15.6. The Bertz CT molecular complexity index is 816. The molecule has 8 heteroatoms. The van der Waals surface area contributed by atoms with Crippen LogP contribution in [-0.4, -0.2) is 50.6 Å². The van der Waals surface area contributed by atoms with Crippen LogP contribution >= 0.6 is 34.8 Å². The number of anilines is 2. The number of rotatable bonds is 6. The lowest BCUT2D eigenvalue weighted by Gasteiger charge is -2.36. The monoisotopic (exact) mass is 441 g/mol. The molecule has 2 aromatic rings. The highest BCUT2D eigenvalue weighted by Crippen LogP contribution is 2.33. The second-order valence-corrected chi connectivity index (χ2v) is 7.77. The second kappa shape index (κ2) is 9.70. The number of benzene rings is 2. The highest BCUT2D eigenvalue weighted by molar-refractivity contribution is 6.48. The number of carbonyl (C=O) groups excluding carboxylic acids is 1. The second-order valence-electron chi connectivity index (χ2n) is 6.58. The molecule has 1 heterocycles. The maximum absolute atomic E-state index is 12.2. The molecule has 1 saturated heterocycles. The maximum atomic E-state index is 12.2. The molecule has 150 valence electrons. The van der Waals surface area contributed by atoms with Gasteiger partial charge in [0.25, 0.3) is 0 Å². The van der Waals surface area contributed by atoms with E-state index in [1.165, 1.54) is 0 Å². The molecule has 5 nitrogen and oxygen atoms in total. The Kier molecular flexibility index (Phi) is 7.30. The van der Waals surface area contributed by atoms with E-state index in [1.54, 1.807) is 19.2 Å². The van der Waals surface area contributed by atoms with E-state index in [2.05, 4.69) is 21.2 Å². The molecule has 0 saturated carbocycles. The summed E-state index contributed by atoms with van der Waals surface area (Å²) in [5.41, 5.74) is 1.71. The van der Waals surface area contributed by atoms with E-state index < -0.39 is 0 Å². The molecule has 1 N–H and O–H groups in total. The number of nitrogens with zero attached hydrogens (tertiary/aromatic N) is 2. The third kappa shape index (κ3) is 5.45. The zero-order valence-corrected chi connectivity index (χ0v) is 17.8. The average Bonchev–Trinajstić information content (AvgIpc) is 2.71. The minimum absolute atomic E-state index is 0.0790. The van der Waals surface area contributed by atoms with E-state index in [0.717, 1.165) is 37.6 Å². The summed E-state index contributed by atoms with van der Waals surface area (Å²) in [6, 6.07) is 11.3. The van der Waals surface area contributed by atoms with Crippen LogP contribution in [0.15, 0.2) is 36.4 Å². The van der Waals surface area contributed by atoms with Gasteiger partial charge in [-0.25, -0.2) is 0 Å². The predicted octanol–water partition coefficient (Wildman–Crippen LogP) is 4.81. The molecule has 1 aliphatic heterocycles. The minimum Gasteiger partial charge on any atom is -0.497 e. The van der Waals surface area contributed by atoms with Crippen molar-refractivity contribution in [3.8, 4) is 5.75 Å². The summed E-state index contributed by atoms with van der Waals surface area (Å²) in [5.74, 6) is 0.781. The first-order valence-corrected chi connectivity index (χ1v) is 10.2. The van der Waals surface area contributed by atoms with Crippen LogP contribution in [0.1, 0.15) is 6.42 Å². The van der Waals surface area contributed by atoms with Crippen molar-refractivity contribution in [2.45, 2.75) is 6.42 Å². The number of carbonyl (C=O) groups is 1. The molecule has 28 heavy (non-hydrogen) atoms. The molecule has 0 unspecified atom stereocenters. The molecule has 1 amide bonds. The van der Waals surface area contributed by atoms with Crippen molar-refractivity contribution in [2.75, 3.05) is 50.1 Å². The van der Waals surface area contributed by atoms with Crippen molar-refractivity contribution in [1.29, 1.82) is 0 Å². The van der Waals surface area contributed by atoms with Gasteiger partial charge in [-0.3, -0.25) is 9.69 Å². The fourth-order valence-corrected chi connectivity index (χ4v) is 3.74. The van der Waals surface area contributed by atoms with Crippen LogP contribution in [0.3, 0.4) is 0 Å². The Balaban J connectivity index is 1.45. The molecule has 0 spiro atoms. The van der Waals surface area contributed by atoms with Crippen molar-refractivity contribution in [1.82, 2.24) is 4.90 Å². The van der Waals surface area contributed by atoms with Gasteiger partial charge in [-0.1, -0.05) is 40.9 Å². The summed E-state index contributed by atoms with van der Waals surface area (Å²) in [5, 5.41) is 3.74. The number of amides is 1. The number of nitrogens with one attached hydrogen (secondary N) is 1. The van der Waals surface area contributed by atoms with Gasteiger partial charge in [0, 0.05) is 56.6 Å². The van der Waals surface area contributed by atoms with Crippen molar-refractivity contribution in [2.24, 2.45) is 0 Å².